The fourth-order valence-corrected chi connectivity index (χ4v) is 2.43. The number of unbranched alkanes of at least 4 members (excludes halogenated alkanes) is 1. The van der Waals surface area contributed by atoms with Crippen LogP contribution in [0, 0.1) is 0 Å². The van der Waals surface area contributed by atoms with Crippen LogP contribution >= 0.6 is 0 Å². The van der Waals surface area contributed by atoms with Crippen molar-refractivity contribution < 1.29 is 14.6 Å². The highest BCUT2D eigenvalue weighted by Crippen LogP contribution is 2.40. The van der Waals surface area contributed by atoms with Crippen LogP contribution < -0.4 is 0 Å². The van der Waals surface area contributed by atoms with Crippen molar-refractivity contribution in [2.75, 3.05) is 13.2 Å². The molecule has 1 unspecified atom stereocenters. The molecule has 0 radical (unpaired) electrons. The van der Waals surface area contributed by atoms with Gasteiger partial charge in [-0.3, -0.25) is 0 Å². The number of aliphatic hydroxyl groups is 1. The van der Waals surface area contributed by atoms with Crippen LogP contribution in [0.4, 0.5) is 0 Å². The number of hydrogen-bond acceptors (Lipinski definition) is 3. The van der Waals surface area contributed by atoms with Crippen LogP contribution in [-0.2, 0) is 9.47 Å². The summed E-state index contributed by atoms with van der Waals surface area (Å²) >= 11 is 0. The minimum atomic E-state index is -0.562. The van der Waals surface area contributed by atoms with Gasteiger partial charge in [0.1, 0.15) is 0 Å². The first-order chi connectivity index (χ1) is 7.28. The van der Waals surface area contributed by atoms with Gasteiger partial charge in [-0.05, 0) is 12.8 Å². The van der Waals surface area contributed by atoms with Crippen molar-refractivity contribution in [2.45, 2.75) is 50.9 Å². The van der Waals surface area contributed by atoms with Crippen LogP contribution in [0.25, 0.3) is 0 Å². The van der Waals surface area contributed by atoms with E-state index in [1.807, 2.05) is 0 Å². The Hall–Kier alpha value is -0.380. The highest BCUT2D eigenvalue weighted by molar-refractivity contribution is 5.24. The van der Waals surface area contributed by atoms with Crippen LogP contribution in [0.1, 0.15) is 39.0 Å². The van der Waals surface area contributed by atoms with Crippen molar-refractivity contribution in [3.05, 3.63) is 11.6 Å². The van der Waals surface area contributed by atoms with Crippen molar-refractivity contribution in [1.29, 1.82) is 0 Å². The molecule has 1 N–H and O–H groups in total. The highest BCUT2D eigenvalue weighted by Gasteiger charge is 2.45. The van der Waals surface area contributed by atoms with Gasteiger partial charge in [-0.25, -0.2) is 0 Å². The molecule has 0 amide bonds. The third-order valence-electron chi connectivity index (χ3n) is 3.22. The molecule has 2 rings (SSSR count). The molecule has 0 aromatic heterocycles. The average Bonchev–Trinajstić information content (AvgIpc) is 2.86. The first-order valence-corrected chi connectivity index (χ1v) is 5.95. The van der Waals surface area contributed by atoms with Gasteiger partial charge in [0.25, 0.3) is 0 Å². The van der Waals surface area contributed by atoms with E-state index in [0.717, 1.165) is 37.7 Å². The second kappa shape index (κ2) is 4.64. The summed E-state index contributed by atoms with van der Waals surface area (Å²) in [6.07, 6.45) is 6.51. The van der Waals surface area contributed by atoms with E-state index < -0.39 is 5.79 Å². The molecule has 1 heterocycles. The van der Waals surface area contributed by atoms with E-state index in [1.165, 1.54) is 0 Å². The Kier molecular flexibility index (Phi) is 3.44. The fourth-order valence-electron chi connectivity index (χ4n) is 2.43. The highest BCUT2D eigenvalue weighted by atomic mass is 16.7. The lowest BCUT2D eigenvalue weighted by Crippen LogP contribution is -2.35. The van der Waals surface area contributed by atoms with Crippen LogP contribution in [0.15, 0.2) is 11.6 Å². The average molecular weight is 212 g/mol. The first kappa shape index (κ1) is 11.1. The van der Waals surface area contributed by atoms with Crippen molar-refractivity contribution in [1.82, 2.24) is 0 Å². The second-order valence-corrected chi connectivity index (χ2v) is 4.31. The third-order valence-corrected chi connectivity index (χ3v) is 3.22. The zero-order valence-electron chi connectivity index (χ0n) is 9.37. The quantitative estimate of drug-likeness (QED) is 0.724. The maximum absolute atomic E-state index is 10.1. The number of aliphatic hydroxyl groups excluding tert-OH is 1. The number of allylic oxidation sites excluding steroid dienone is 1. The molecule has 1 saturated heterocycles. The van der Waals surface area contributed by atoms with E-state index in [4.69, 9.17) is 9.47 Å². The third kappa shape index (κ3) is 2.10. The van der Waals surface area contributed by atoms with Gasteiger partial charge in [0.2, 0.25) is 0 Å². The van der Waals surface area contributed by atoms with E-state index in [1.54, 1.807) is 0 Å². The lowest BCUT2D eigenvalue weighted by molar-refractivity contribution is -0.133. The topological polar surface area (TPSA) is 38.7 Å². The van der Waals surface area contributed by atoms with Gasteiger partial charge in [-0.1, -0.05) is 25.8 Å². The number of hydrogen-bond donors (Lipinski definition) is 1. The molecule has 1 aliphatic heterocycles. The predicted octanol–water partition coefficient (Wildman–Crippen LogP) is 2.00. The van der Waals surface area contributed by atoms with Gasteiger partial charge in [0, 0.05) is 12.0 Å². The first-order valence-electron chi connectivity index (χ1n) is 5.95. The molecule has 3 heteroatoms. The lowest BCUT2D eigenvalue weighted by Gasteiger charge is -2.28. The molecule has 1 fully saturated rings. The molecule has 0 aromatic carbocycles. The standard InChI is InChI=1S/C12H20O3/c1-2-3-6-11(13)10-5-4-7-12(10)14-8-9-15-12/h5,11,13H,2-4,6-9H2,1H3. The van der Waals surface area contributed by atoms with Crippen LogP contribution in [0.3, 0.4) is 0 Å². The van der Waals surface area contributed by atoms with Gasteiger partial charge in [0.05, 0.1) is 19.3 Å². The Morgan fingerprint density at radius 3 is 2.87 bits per heavy atom. The summed E-state index contributed by atoms with van der Waals surface area (Å²) in [4.78, 5) is 0. The minimum Gasteiger partial charge on any atom is -0.389 e. The van der Waals surface area contributed by atoms with E-state index >= 15 is 0 Å². The zero-order chi connectivity index (χ0) is 10.7. The normalized spacial score (nSPS) is 25.9. The van der Waals surface area contributed by atoms with Gasteiger partial charge in [-0.2, -0.15) is 0 Å². The maximum atomic E-state index is 10.1. The van der Waals surface area contributed by atoms with Crippen LogP contribution in [-0.4, -0.2) is 30.2 Å². The summed E-state index contributed by atoms with van der Waals surface area (Å²) in [7, 11) is 0. The Bertz CT molecular complexity index is 241. The molecule has 0 saturated carbocycles. The molecular weight excluding hydrogens is 192 g/mol. The molecular formula is C12H20O3. The molecule has 86 valence electrons. The van der Waals surface area contributed by atoms with E-state index in [0.29, 0.717) is 13.2 Å². The van der Waals surface area contributed by atoms with Gasteiger partial charge >= 0.3 is 0 Å². The number of ether oxygens (including phenoxy) is 2. The van der Waals surface area contributed by atoms with Crippen molar-refractivity contribution in [2.24, 2.45) is 0 Å². The van der Waals surface area contributed by atoms with Crippen molar-refractivity contribution in [3.8, 4) is 0 Å². The Balaban J connectivity index is 2.00. The molecule has 1 aliphatic carbocycles. The summed E-state index contributed by atoms with van der Waals surface area (Å²) in [6, 6.07) is 0. The molecule has 2 aliphatic rings. The maximum Gasteiger partial charge on any atom is 0.193 e. The Labute approximate surface area is 91.1 Å². The van der Waals surface area contributed by atoms with Crippen molar-refractivity contribution >= 4 is 0 Å². The van der Waals surface area contributed by atoms with Gasteiger partial charge in [0.15, 0.2) is 5.79 Å². The van der Waals surface area contributed by atoms with Crippen LogP contribution in [0.5, 0.6) is 0 Å². The number of rotatable bonds is 4. The summed E-state index contributed by atoms with van der Waals surface area (Å²) < 4.78 is 11.3. The smallest absolute Gasteiger partial charge is 0.193 e. The summed E-state index contributed by atoms with van der Waals surface area (Å²) in [5, 5.41) is 10.1. The van der Waals surface area contributed by atoms with Crippen LogP contribution in [0.2, 0.25) is 0 Å². The molecule has 15 heavy (non-hydrogen) atoms. The molecule has 1 spiro atoms. The van der Waals surface area contributed by atoms with Crippen molar-refractivity contribution in [3.63, 3.8) is 0 Å². The fraction of sp³-hybridized carbons (Fsp3) is 0.833. The van der Waals surface area contributed by atoms with E-state index in [9.17, 15) is 5.11 Å². The minimum absolute atomic E-state index is 0.384. The summed E-state index contributed by atoms with van der Waals surface area (Å²) in [6.45, 7) is 3.43. The zero-order valence-corrected chi connectivity index (χ0v) is 9.37. The van der Waals surface area contributed by atoms with Gasteiger partial charge in [-0.15, -0.1) is 0 Å². The summed E-state index contributed by atoms with van der Waals surface area (Å²) in [5.74, 6) is -0.562. The molecule has 0 bridgehead atoms. The Morgan fingerprint density at radius 1 is 1.47 bits per heavy atom. The molecule has 0 aromatic rings. The van der Waals surface area contributed by atoms with E-state index in [2.05, 4.69) is 13.0 Å². The Morgan fingerprint density at radius 2 is 2.20 bits per heavy atom. The van der Waals surface area contributed by atoms with E-state index in [-0.39, 0.29) is 6.10 Å². The SMILES string of the molecule is CCCCC(O)C1=CCCC12OCCO2. The monoisotopic (exact) mass is 212 g/mol. The second-order valence-electron chi connectivity index (χ2n) is 4.31. The molecule has 1 atom stereocenters. The molecule has 3 nitrogen and oxygen atoms in total. The largest absolute Gasteiger partial charge is 0.389 e. The predicted molar refractivity (Wildman–Crippen MR) is 57.5 cm³/mol. The van der Waals surface area contributed by atoms with Gasteiger partial charge < -0.3 is 14.6 Å². The summed E-state index contributed by atoms with van der Waals surface area (Å²) in [5.41, 5.74) is 0.966. The lowest BCUT2D eigenvalue weighted by atomic mass is 9.99.